The number of carbonyl (C=O) groups excluding carboxylic acids is 2. The standard InChI is InChI=1S/C32H36N2O6S/c1-41(38,39)28-15-8-10-25(22-28)30(35)33-18-9-19-34-20-16-24(17-21-34)29(23-34)40-31(36)32(37,26-11-4-2-5-12-26)27-13-6-3-7-14-27/h2-8,10-15,22,24,29H,9,16-21,23H2,1H3,(H,33,35). The molecule has 216 valence electrons. The Labute approximate surface area is 241 Å². The van der Waals surface area contributed by atoms with Gasteiger partial charge in [0, 0.05) is 49.1 Å². The Morgan fingerprint density at radius 2 is 1.56 bits per heavy atom. The van der Waals surface area contributed by atoms with E-state index >= 15 is 0 Å². The average Bonchev–Trinajstić information content (AvgIpc) is 3.00. The largest absolute Gasteiger partial charge is 0.834 e. The number of nitrogens with zero attached hydrogens (tertiary/aromatic N) is 1. The molecule has 3 aromatic carbocycles. The number of piperidine rings is 3. The number of amides is 1. The Morgan fingerprint density at radius 3 is 2.15 bits per heavy atom. The highest BCUT2D eigenvalue weighted by Crippen LogP contribution is 2.37. The van der Waals surface area contributed by atoms with Crippen LogP contribution in [0.2, 0.25) is 0 Å². The van der Waals surface area contributed by atoms with Crippen LogP contribution in [0, 0.1) is 5.92 Å². The van der Waals surface area contributed by atoms with Gasteiger partial charge in [0.2, 0.25) is 0 Å². The summed E-state index contributed by atoms with van der Waals surface area (Å²) in [5, 5.41) is 17.2. The smallest absolute Gasteiger partial charge is 0.304 e. The van der Waals surface area contributed by atoms with Gasteiger partial charge in [-0.25, -0.2) is 8.42 Å². The molecule has 0 spiro atoms. The zero-order chi connectivity index (χ0) is 29.1. The number of hydrogen-bond acceptors (Lipinski definition) is 6. The molecule has 3 aromatic rings. The number of rotatable bonds is 10. The van der Waals surface area contributed by atoms with Gasteiger partial charge in [-0.15, -0.1) is 0 Å². The molecule has 0 aliphatic carbocycles. The molecule has 1 atom stereocenters. The molecule has 3 aliphatic rings. The van der Waals surface area contributed by atoms with Gasteiger partial charge in [0.05, 0.1) is 24.5 Å². The second-order valence-electron chi connectivity index (χ2n) is 11.3. The first kappa shape index (κ1) is 29.0. The van der Waals surface area contributed by atoms with Crippen LogP contribution in [-0.4, -0.2) is 69.9 Å². The van der Waals surface area contributed by atoms with Gasteiger partial charge in [0.15, 0.2) is 15.9 Å². The minimum absolute atomic E-state index is 0.113. The van der Waals surface area contributed by atoms with Crippen molar-refractivity contribution < 1.29 is 32.3 Å². The lowest BCUT2D eigenvalue weighted by Gasteiger charge is -2.53. The third kappa shape index (κ3) is 6.22. The second-order valence-corrected chi connectivity index (χ2v) is 13.3. The number of sulfone groups is 1. The molecule has 2 bridgehead atoms. The van der Waals surface area contributed by atoms with Gasteiger partial charge < -0.3 is 19.6 Å². The van der Waals surface area contributed by atoms with E-state index in [4.69, 9.17) is 4.74 Å². The van der Waals surface area contributed by atoms with E-state index in [9.17, 15) is 23.1 Å². The Bertz CT molecular complexity index is 1450. The number of fused-ring (bicyclic) bond motifs is 3. The molecule has 3 aliphatic heterocycles. The van der Waals surface area contributed by atoms with Crippen molar-refractivity contribution in [1.82, 2.24) is 5.32 Å². The van der Waals surface area contributed by atoms with Gasteiger partial charge >= 0.3 is 5.97 Å². The molecular formula is C32H36N2O6S. The topological polar surface area (TPSA) is 113 Å². The highest BCUT2D eigenvalue weighted by Gasteiger charge is 2.48. The highest BCUT2D eigenvalue weighted by molar-refractivity contribution is 7.90. The summed E-state index contributed by atoms with van der Waals surface area (Å²) >= 11 is 0. The molecule has 41 heavy (non-hydrogen) atoms. The lowest BCUT2D eigenvalue weighted by molar-refractivity contribution is -0.946. The maximum atomic E-state index is 14.3. The molecule has 1 N–H and O–H groups in total. The van der Waals surface area contributed by atoms with Crippen molar-refractivity contribution in [2.75, 3.05) is 39.0 Å². The summed E-state index contributed by atoms with van der Waals surface area (Å²) in [6.45, 7) is 3.86. The van der Waals surface area contributed by atoms with Crippen LogP contribution < -0.4 is 10.4 Å². The van der Waals surface area contributed by atoms with Gasteiger partial charge in [0.25, 0.3) is 5.91 Å². The van der Waals surface area contributed by atoms with Crippen LogP contribution in [0.25, 0.3) is 0 Å². The van der Waals surface area contributed by atoms with Gasteiger partial charge in [-0.2, -0.15) is 0 Å². The summed E-state index contributed by atoms with van der Waals surface area (Å²) in [6.07, 6.45) is 3.35. The van der Waals surface area contributed by atoms with E-state index in [1.165, 1.54) is 12.1 Å². The predicted octanol–water partition coefficient (Wildman–Crippen LogP) is 2.67. The fourth-order valence-corrected chi connectivity index (χ4v) is 6.89. The fraction of sp³-hybridized carbons (Fsp3) is 0.375. The molecule has 1 unspecified atom stereocenters. The number of ether oxygens (including phenoxy) is 1. The van der Waals surface area contributed by atoms with E-state index in [-0.39, 0.29) is 22.8 Å². The van der Waals surface area contributed by atoms with Crippen LogP contribution in [0.1, 0.15) is 40.7 Å². The van der Waals surface area contributed by atoms with E-state index < -0.39 is 21.4 Å². The van der Waals surface area contributed by atoms with Crippen LogP contribution in [0.4, 0.5) is 0 Å². The quantitative estimate of drug-likeness (QED) is 0.226. The monoisotopic (exact) mass is 576 g/mol. The first-order chi connectivity index (χ1) is 19.6. The number of benzene rings is 3. The molecule has 9 heteroatoms. The third-order valence-corrected chi connectivity index (χ3v) is 9.68. The van der Waals surface area contributed by atoms with Gasteiger partial charge in [-0.05, 0) is 29.3 Å². The average molecular weight is 577 g/mol. The summed E-state index contributed by atoms with van der Waals surface area (Å²) in [6, 6.07) is 23.4. The number of hydrogen-bond donors (Lipinski definition) is 1. The van der Waals surface area contributed by atoms with Crippen molar-refractivity contribution in [1.29, 1.82) is 0 Å². The van der Waals surface area contributed by atoms with E-state index in [0.29, 0.717) is 29.8 Å². The molecule has 0 aromatic heterocycles. The summed E-state index contributed by atoms with van der Waals surface area (Å²) in [5.74, 6) is -0.847. The molecule has 3 fully saturated rings. The van der Waals surface area contributed by atoms with Crippen LogP contribution in [0.15, 0.2) is 89.8 Å². The Kier molecular flexibility index (Phi) is 8.31. The van der Waals surface area contributed by atoms with Gasteiger partial charge in [-0.1, -0.05) is 66.7 Å². The summed E-state index contributed by atoms with van der Waals surface area (Å²) in [4.78, 5) is 26.4. The number of quaternary nitrogens is 1. The van der Waals surface area contributed by atoms with Crippen LogP contribution in [0.5, 0.6) is 0 Å². The zero-order valence-electron chi connectivity index (χ0n) is 23.2. The van der Waals surface area contributed by atoms with E-state index in [1.807, 2.05) is 12.1 Å². The van der Waals surface area contributed by atoms with E-state index in [2.05, 4.69) is 5.32 Å². The maximum absolute atomic E-state index is 14.3. The summed E-state index contributed by atoms with van der Waals surface area (Å²) in [7, 11) is -3.40. The van der Waals surface area contributed by atoms with E-state index in [1.54, 1.807) is 60.7 Å². The predicted molar refractivity (Wildman–Crippen MR) is 152 cm³/mol. The molecule has 3 heterocycles. The third-order valence-electron chi connectivity index (χ3n) is 8.57. The van der Waals surface area contributed by atoms with Crippen molar-refractivity contribution in [3.05, 3.63) is 102 Å². The zero-order valence-corrected chi connectivity index (χ0v) is 24.0. The highest BCUT2D eigenvalue weighted by atomic mass is 32.2. The Hall–Kier alpha value is -3.53. The maximum Gasteiger partial charge on any atom is 0.304 e. The number of esters is 1. The Balaban J connectivity index is 1.22. The fourth-order valence-electron chi connectivity index (χ4n) is 6.22. The van der Waals surface area contributed by atoms with Crippen molar-refractivity contribution in [3.8, 4) is 0 Å². The Morgan fingerprint density at radius 1 is 0.951 bits per heavy atom. The van der Waals surface area contributed by atoms with Crippen LogP contribution >= 0.6 is 0 Å². The second kappa shape index (κ2) is 11.8. The van der Waals surface area contributed by atoms with E-state index in [0.717, 1.165) is 49.6 Å². The number of nitrogens with one attached hydrogen (secondary N) is 1. The molecule has 1 amide bonds. The molecule has 6 rings (SSSR count). The van der Waals surface area contributed by atoms with Crippen molar-refractivity contribution >= 4 is 21.7 Å². The molecule has 0 radical (unpaired) electrons. The SMILES string of the molecule is CS(=O)(=O)c1cccc(C(=O)NCCC[N+]23CCC(CC2)C(OC(=O)C([O-])(c2ccccc2)c2ccccc2)C3)c1. The minimum atomic E-state index is -3.40. The summed E-state index contributed by atoms with van der Waals surface area (Å²) in [5.41, 5.74) is -1.13. The lowest BCUT2D eigenvalue weighted by Crippen LogP contribution is -2.65. The minimum Gasteiger partial charge on any atom is -0.834 e. The number of carbonyl (C=O) groups is 2. The lowest BCUT2D eigenvalue weighted by atomic mass is 9.82. The van der Waals surface area contributed by atoms with Crippen molar-refractivity contribution in [3.63, 3.8) is 0 Å². The normalized spacial score (nSPS) is 22.2. The summed E-state index contributed by atoms with van der Waals surface area (Å²) < 4.78 is 30.5. The molecule has 0 saturated carbocycles. The first-order valence-electron chi connectivity index (χ1n) is 14.1. The van der Waals surface area contributed by atoms with Crippen molar-refractivity contribution in [2.45, 2.75) is 35.9 Å². The molecular weight excluding hydrogens is 540 g/mol. The molecule has 8 nitrogen and oxygen atoms in total. The van der Waals surface area contributed by atoms with Gasteiger partial charge in [0.1, 0.15) is 6.54 Å². The van der Waals surface area contributed by atoms with Crippen LogP contribution in [0.3, 0.4) is 0 Å². The van der Waals surface area contributed by atoms with Gasteiger partial charge in [-0.3, -0.25) is 9.59 Å². The van der Waals surface area contributed by atoms with Crippen LogP contribution in [-0.2, 0) is 25.0 Å². The van der Waals surface area contributed by atoms with Crippen molar-refractivity contribution in [2.24, 2.45) is 5.92 Å². The molecule has 3 saturated heterocycles. The first-order valence-corrected chi connectivity index (χ1v) is 16.0.